The zero-order valence-corrected chi connectivity index (χ0v) is 11.7. The van der Waals surface area contributed by atoms with Gasteiger partial charge in [0.25, 0.3) is 0 Å². The summed E-state index contributed by atoms with van der Waals surface area (Å²) < 4.78 is 6.69. The van der Waals surface area contributed by atoms with Crippen molar-refractivity contribution >= 4 is 21.4 Å². The summed E-state index contributed by atoms with van der Waals surface area (Å²) in [5, 5.41) is 4.88. The van der Waals surface area contributed by atoms with Gasteiger partial charge in [0, 0.05) is 28.6 Å². The van der Waals surface area contributed by atoms with Crippen LogP contribution in [0.2, 0.25) is 0 Å². The van der Waals surface area contributed by atoms with E-state index in [1.807, 2.05) is 23.5 Å². The number of fused-ring (bicyclic) bond motifs is 1. The average molecular weight is 271 g/mol. The van der Waals surface area contributed by atoms with Gasteiger partial charge in [0.1, 0.15) is 5.76 Å². The zero-order chi connectivity index (χ0) is 13.1. The van der Waals surface area contributed by atoms with E-state index in [-0.39, 0.29) is 0 Å². The van der Waals surface area contributed by atoms with Crippen LogP contribution in [0, 0.1) is 0 Å². The molecule has 0 radical (unpaired) electrons. The van der Waals surface area contributed by atoms with Crippen molar-refractivity contribution in [2.75, 3.05) is 6.54 Å². The van der Waals surface area contributed by atoms with Crippen LogP contribution >= 0.6 is 11.3 Å². The lowest BCUT2D eigenvalue weighted by Gasteiger charge is -2.10. The van der Waals surface area contributed by atoms with Crippen LogP contribution in [0.5, 0.6) is 0 Å². The van der Waals surface area contributed by atoms with E-state index in [0.717, 1.165) is 18.7 Å². The summed E-state index contributed by atoms with van der Waals surface area (Å²) in [5.41, 5.74) is 0. The van der Waals surface area contributed by atoms with E-state index in [2.05, 4.69) is 42.6 Å². The second kappa shape index (κ2) is 5.59. The van der Waals surface area contributed by atoms with Gasteiger partial charge < -0.3 is 9.73 Å². The number of thiophene rings is 1. The van der Waals surface area contributed by atoms with Gasteiger partial charge in [-0.3, -0.25) is 0 Å². The third-order valence-corrected chi connectivity index (χ3v) is 4.57. The molecule has 3 aromatic rings. The fraction of sp³-hybridized carbons (Fsp3) is 0.250. The average Bonchev–Trinajstić information content (AvgIpc) is 3.07. The largest absolute Gasteiger partial charge is 0.469 e. The summed E-state index contributed by atoms with van der Waals surface area (Å²) >= 11 is 1.87. The van der Waals surface area contributed by atoms with Crippen molar-refractivity contribution in [1.29, 1.82) is 0 Å². The molecular weight excluding hydrogens is 254 g/mol. The molecule has 0 fully saturated rings. The predicted octanol–water partition coefficient (Wildman–Crippen LogP) is 4.39. The Hall–Kier alpha value is -1.58. The van der Waals surface area contributed by atoms with Crippen LogP contribution in [0.3, 0.4) is 0 Å². The van der Waals surface area contributed by atoms with Crippen molar-refractivity contribution in [3.8, 4) is 0 Å². The molecule has 0 bridgehead atoms. The van der Waals surface area contributed by atoms with Crippen molar-refractivity contribution in [2.24, 2.45) is 0 Å². The van der Waals surface area contributed by atoms with E-state index in [4.69, 9.17) is 4.42 Å². The maximum atomic E-state index is 5.33. The first-order valence-corrected chi connectivity index (χ1v) is 7.39. The summed E-state index contributed by atoms with van der Waals surface area (Å²) in [5.74, 6) is 1.04. The molecule has 2 nitrogen and oxygen atoms in total. The molecule has 19 heavy (non-hydrogen) atoms. The van der Waals surface area contributed by atoms with E-state index in [1.165, 1.54) is 15.0 Å². The van der Waals surface area contributed by atoms with Crippen molar-refractivity contribution in [3.05, 3.63) is 59.4 Å². The number of furan rings is 1. The highest BCUT2D eigenvalue weighted by Crippen LogP contribution is 2.29. The molecule has 2 heterocycles. The van der Waals surface area contributed by atoms with E-state index in [0.29, 0.717) is 6.04 Å². The minimum Gasteiger partial charge on any atom is -0.469 e. The Morgan fingerprint density at radius 1 is 1.21 bits per heavy atom. The second-order valence-electron chi connectivity index (χ2n) is 4.69. The van der Waals surface area contributed by atoms with Crippen LogP contribution in [-0.4, -0.2) is 6.54 Å². The van der Waals surface area contributed by atoms with Crippen LogP contribution in [0.25, 0.3) is 10.1 Å². The van der Waals surface area contributed by atoms with Gasteiger partial charge in [0.2, 0.25) is 0 Å². The topological polar surface area (TPSA) is 25.2 Å². The highest BCUT2D eigenvalue weighted by atomic mass is 32.1. The molecule has 2 aromatic heterocycles. The molecule has 3 heteroatoms. The molecule has 0 aliphatic carbocycles. The minimum atomic E-state index is 0.382. The summed E-state index contributed by atoms with van der Waals surface area (Å²) in [7, 11) is 0. The van der Waals surface area contributed by atoms with Crippen molar-refractivity contribution in [1.82, 2.24) is 5.32 Å². The van der Waals surface area contributed by atoms with E-state index < -0.39 is 0 Å². The van der Waals surface area contributed by atoms with Crippen LogP contribution in [0.4, 0.5) is 0 Å². The Morgan fingerprint density at radius 3 is 2.89 bits per heavy atom. The predicted molar refractivity (Wildman–Crippen MR) is 80.7 cm³/mol. The normalized spacial score (nSPS) is 12.9. The van der Waals surface area contributed by atoms with Gasteiger partial charge in [-0.15, -0.1) is 11.3 Å². The standard InChI is InChI=1S/C16H17NOS/c1-12(17-9-8-14-6-4-10-18-14)16-11-13-5-2-3-7-15(13)19-16/h2-7,10-12,17H,8-9H2,1H3. The Bertz CT molecular complexity index is 609. The molecule has 1 aromatic carbocycles. The van der Waals surface area contributed by atoms with Crippen LogP contribution < -0.4 is 5.32 Å². The molecule has 1 unspecified atom stereocenters. The minimum absolute atomic E-state index is 0.382. The van der Waals surface area contributed by atoms with E-state index in [1.54, 1.807) is 6.26 Å². The molecule has 1 N–H and O–H groups in total. The lowest BCUT2D eigenvalue weighted by Crippen LogP contribution is -2.20. The van der Waals surface area contributed by atoms with Gasteiger partial charge in [-0.25, -0.2) is 0 Å². The van der Waals surface area contributed by atoms with Gasteiger partial charge in [-0.05, 0) is 36.6 Å². The third-order valence-electron chi connectivity index (χ3n) is 3.27. The number of nitrogens with one attached hydrogen (secondary N) is 1. The molecule has 0 aliphatic rings. The van der Waals surface area contributed by atoms with E-state index in [9.17, 15) is 0 Å². The Labute approximate surface area is 117 Å². The summed E-state index contributed by atoms with van der Waals surface area (Å²) in [6.45, 7) is 3.15. The first-order valence-electron chi connectivity index (χ1n) is 6.57. The summed E-state index contributed by atoms with van der Waals surface area (Å²) in [6.07, 6.45) is 2.66. The fourth-order valence-corrected chi connectivity index (χ4v) is 3.27. The van der Waals surface area contributed by atoms with Crippen LogP contribution in [0.1, 0.15) is 23.6 Å². The second-order valence-corrected chi connectivity index (χ2v) is 5.81. The molecule has 98 valence electrons. The molecule has 0 amide bonds. The molecule has 0 saturated heterocycles. The number of hydrogen-bond donors (Lipinski definition) is 1. The monoisotopic (exact) mass is 271 g/mol. The van der Waals surface area contributed by atoms with Crippen LogP contribution in [0.15, 0.2) is 53.1 Å². The summed E-state index contributed by atoms with van der Waals surface area (Å²) in [4.78, 5) is 1.39. The maximum absolute atomic E-state index is 5.33. The SMILES string of the molecule is CC(NCCc1ccco1)c1cc2ccccc2s1. The smallest absolute Gasteiger partial charge is 0.105 e. The number of hydrogen-bond acceptors (Lipinski definition) is 3. The highest BCUT2D eigenvalue weighted by Gasteiger charge is 2.08. The third kappa shape index (κ3) is 2.88. The van der Waals surface area contributed by atoms with Crippen LogP contribution in [-0.2, 0) is 6.42 Å². The van der Waals surface area contributed by atoms with Crippen molar-refractivity contribution in [2.45, 2.75) is 19.4 Å². The Kier molecular flexibility index (Phi) is 3.67. The zero-order valence-electron chi connectivity index (χ0n) is 10.9. The van der Waals surface area contributed by atoms with E-state index >= 15 is 0 Å². The Morgan fingerprint density at radius 2 is 2.11 bits per heavy atom. The van der Waals surface area contributed by atoms with Gasteiger partial charge in [-0.1, -0.05) is 18.2 Å². The van der Waals surface area contributed by atoms with Gasteiger partial charge in [0.15, 0.2) is 0 Å². The number of rotatable bonds is 5. The Balaban J connectivity index is 1.61. The molecule has 0 aliphatic heterocycles. The highest BCUT2D eigenvalue weighted by molar-refractivity contribution is 7.19. The van der Waals surface area contributed by atoms with Gasteiger partial charge >= 0.3 is 0 Å². The summed E-state index contributed by atoms with van der Waals surface area (Å²) in [6, 6.07) is 15.2. The lowest BCUT2D eigenvalue weighted by atomic mass is 10.2. The van der Waals surface area contributed by atoms with Crippen molar-refractivity contribution < 1.29 is 4.42 Å². The molecular formula is C16H17NOS. The molecule has 0 saturated carbocycles. The molecule has 0 spiro atoms. The molecule has 3 rings (SSSR count). The first-order chi connectivity index (χ1) is 9.33. The van der Waals surface area contributed by atoms with Gasteiger partial charge in [0.05, 0.1) is 6.26 Å². The number of benzene rings is 1. The molecule has 1 atom stereocenters. The maximum Gasteiger partial charge on any atom is 0.105 e. The fourth-order valence-electron chi connectivity index (χ4n) is 2.18. The first kappa shape index (κ1) is 12.5. The van der Waals surface area contributed by atoms with Gasteiger partial charge in [-0.2, -0.15) is 0 Å². The van der Waals surface area contributed by atoms with Crippen molar-refractivity contribution in [3.63, 3.8) is 0 Å². The quantitative estimate of drug-likeness (QED) is 0.744. The lowest BCUT2D eigenvalue weighted by molar-refractivity contribution is 0.487.